The van der Waals surface area contributed by atoms with E-state index in [9.17, 15) is 9.50 Å². The van der Waals surface area contributed by atoms with E-state index in [4.69, 9.17) is 16.7 Å². The summed E-state index contributed by atoms with van der Waals surface area (Å²) in [6.45, 7) is 2.43. The maximum absolute atomic E-state index is 13.3. The van der Waals surface area contributed by atoms with Gasteiger partial charge < -0.3 is 5.11 Å². The average Bonchev–Trinajstić information content (AvgIpc) is 3.08. The molecule has 27 heavy (non-hydrogen) atoms. The van der Waals surface area contributed by atoms with Crippen LogP contribution < -0.4 is 0 Å². The summed E-state index contributed by atoms with van der Waals surface area (Å²) in [6.07, 6.45) is 3.35. The van der Waals surface area contributed by atoms with Gasteiger partial charge in [-0.25, -0.2) is 9.07 Å². The third kappa shape index (κ3) is 4.05. The van der Waals surface area contributed by atoms with Gasteiger partial charge in [-0.1, -0.05) is 29.8 Å². The van der Waals surface area contributed by atoms with Gasteiger partial charge in [-0.2, -0.15) is 5.10 Å². The van der Waals surface area contributed by atoms with Crippen molar-refractivity contribution in [2.24, 2.45) is 0 Å². The van der Waals surface area contributed by atoms with Crippen molar-refractivity contribution in [1.29, 1.82) is 0 Å². The molecule has 0 saturated carbocycles. The second-order valence-corrected chi connectivity index (χ2v) is 7.32. The van der Waals surface area contributed by atoms with Crippen molar-refractivity contribution < 1.29 is 9.50 Å². The smallest absolute Gasteiger partial charge is 0.123 e. The third-order valence-electron chi connectivity index (χ3n) is 4.96. The lowest BCUT2D eigenvalue weighted by molar-refractivity contribution is 0.0793. The van der Waals surface area contributed by atoms with Gasteiger partial charge in [0.25, 0.3) is 0 Å². The van der Waals surface area contributed by atoms with Gasteiger partial charge in [0.1, 0.15) is 5.82 Å². The fraction of sp³-hybridized carbons (Fsp3) is 0.286. The third-order valence-corrected chi connectivity index (χ3v) is 5.29. The van der Waals surface area contributed by atoms with Crippen molar-refractivity contribution in [1.82, 2.24) is 14.7 Å². The zero-order valence-corrected chi connectivity index (χ0v) is 15.6. The Morgan fingerprint density at radius 1 is 1.07 bits per heavy atom. The van der Waals surface area contributed by atoms with Gasteiger partial charge in [0.05, 0.1) is 22.5 Å². The van der Waals surface area contributed by atoms with E-state index in [-0.39, 0.29) is 11.9 Å². The number of aliphatic hydroxyl groups is 1. The van der Waals surface area contributed by atoms with E-state index in [1.165, 1.54) is 12.1 Å². The molecule has 1 N–H and O–H groups in total. The van der Waals surface area contributed by atoms with E-state index in [0.717, 1.165) is 55.0 Å². The Balaban J connectivity index is 1.71. The van der Waals surface area contributed by atoms with Gasteiger partial charge in [-0.3, -0.25) is 4.90 Å². The monoisotopic (exact) mass is 385 g/mol. The zero-order valence-electron chi connectivity index (χ0n) is 14.9. The van der Waals surface area contributed by atoms with E-state index >= 15 is 0 Å². The van der Waals surface area contributed by atoms with E-state index in [0.29, 0.717) is 5.02 Å². The molecule has 6 heteroatoms. The molecule has 0 radical (unpaired) electrons. The molecule has 1 fully saturated rings. The van der Waals surface area contributed by atoms with Crippen LogP contribution in [0.5, 0.6) is 0 Å². The molecule has 0 unspecified atom stereocenters. The number of halogens is 2. The Morgan fingerprint density at radius 3 is 2.48 bits per heavy atom. The summed E-state index contributed by atoms with van der Waals surface area (Å²) in [5, 5.41) is 15.2. The number of hydrogen-bond acceptors (Lipinski definition) is 3. The largest absolute Gasteiger partial charge is 0.393 e. The fourth-order valence-electron chi connectivity index (χ4n) is 3.45. The first-order valence-corrected chi connectivity index (χ1v) is 9.48. The van der Waals surface area contributed by atoms with Crippen LogP contribution in [-0.2, 0) is 6.54 Å². The molecule has 0 atom stereocenters. The molecule has 1 aliphatic rings. The summed E-state index contributed by atoms with van der Waals surface area (Å²) in [7, 11) is 0. The number of hydrogen-bond donors (Lipinski definition) is 1. The van der Waals surface area contributed by atoms with Crippen LogP contribution in [0.15, 0.2) is 54.7 Å². The predicted molar refractivity (Wildman–Crippen MR) is 104 cm³/mol. The highest BCUT2D eigenvalue weighted by molar-refractivity contribution is 6.33. The van der Waals surface area contributed by atoms with Gasteiger partial charge in [0.15, 0.2) is 0 Å². The van der Waals surface area contributed by atoms with Crippen LogP contribution in [0.25, 0.3) is 16.9 Å². The van der Waals surface area contributed by atoms with E-state index in [2.05, 4.69) is 4.90 Å². The second-order valence-electron chi connectivity index (χ2n) is 6.91. The number of nitrogens with zero attached hydrogens (tertiary/aromatic N) is 3. The van der Waals surface area contributed by atoms with E-state index in [1.807, 2.05) is 30.5 Å². The Hall–Kier alpha value is -2.21. The minimum atomic E-state index is -0.274. The average molecular weight is 386 g/mol. The molecule has 0 amide bonds. The summed E-state index contributed by atoms with van der Waals surface area (Å²) >= 11 is 6.42. The highest BCUT2D eigenvalue weighted by Crippen LogP contribution is 2.31. The van der Waals surface area contributed by atoms with Crippen molar-refractivity contribution in [3.63, 3.8) is 0 Å². The molecule has 0 aliphatic carbocycles. The minimum absolute atomic E-state index is 0.203. The van der Waals surface area contributed by atoms with Crippen LogP contribution in [0, 0.1) is 5.82 Å². The van der Waals surface area contributed by atoms with Gasteiger partial charge >= 0.3 is 0 Å². The number of piperidine rings is 1. The molecule has 0 bridgehead atoms. The standard InChI is InChI=1S/C21H21ClFN3O/c22-20-4-2-1-3-19(20)21-15(13-25-11-9-18(27)10-12-25)14-26(24-21)17-7-5-16(23)6-8-17/h1-8,14,18,27H,9-13H2. The maximum atomic E-state index is 13.3. The Bertz CT molecular complexity index is 917. The van der Waals surface area contributed by atoms with E-state index < -0.39 is 0 Å². The molecular weight excluding hydrogens is 365 g/mol. The fourth-order valence-corrected chi connectivity index (χ4v) is 3.68. The second kappa shape index (κ2) is 7.80. The Kier molecular flexibility index (Phi) is 5.25. The highest BCUT2D eigenvalue weighted by Gasteiger charge is 2.21. The van der Waals surface area contributed by atoms with Gasteiger partial charge in [0.2, 0.25) is 0 Å². The summed E-state index contributed by atoms with van der Waals surface area (Å²) in [6, 6.07) is 13.9. The van der Waals surface area contributed by atoms with Crippen LogP contribution in [0.2, 0.25) is 5.02 Å². The zero-order chi connectivity index (χ0) is 18.8. The van der Waals surface area contributed by atoms with Crippen molar-refractivity contribution in [3.8, 4) is 16.9 Å². The molecule has 0 spiro atoms. The number of aliphatic hydroxyl groups excluding tert-OH is 1. The van der Waals surface area contributed by atoms with Gasteiger partial charge in [-0.05, 0) is 43.2 Å². The molecular formula is C21H21ClFN3O. The summed E-state index contributed by atoms with van der Waals surface area (Å²) in [5.41, 5.74) is 3.57. The van der Waals surface area contributed by atoms with E-state index in [1.54, 1.807) is 16.8 Å². The molecule has 140 valence electrons. The van der Waals surface area contributed by atoms with Crippen molar-refractivity contribution in [3.05, 3.63) is 71.1 Å². The lowest BCUT2D eigenvalue weighted by Gasteiger charge is -2.29. The molecule has 2 aromatic carbocycles. The molecule has 1 saturated heterocycles. The molecule has 4 rings (SSSR count). The van der Waals surface area contributed by atoms with Gasteiger partial charge in [-0.15, -0.1) is 0 Å². The van der Waals surface area contributed by atoms with Crippen LogP contribution in [-0.4, -0.2) is 39.0 Å². The van der Waals surface area contributed by atoms with Crippen molar-refractivity contribution >= 4 is 11.6 Å². The Morgan fingerprint density at radius 2 is 1.78 bits per heavy atom. The lowest BCUT2D eigenvalue weighted by atomic mass is 10.0. The van der Waals surface area contributed by atoms with Gasteiger partial charge in [0, 0.05) is 37.0 Å². The number of likely N-dealkylation sites (tertiary alicyclic amines) is 1. The number of aromatic nitrogens is 2. The first kappa shape index (κ1) is 18.2. The van der Waals surface area contributed by atoms with Crippen molar-refractivity contribution in [2.45, 2.75) is 25.5 Å². The van der Waals surface area contributed by atoms with Crippen LogP contribution in [0.4, 0.5) is 4.39 Å². The van der Waals surface area contributed by atoms with Crippen LogP contribution in [0.3, 0.4) is 0 Å². The predicted octanol–water partition coefficient (Wildman–Crippen LogP) is 4.29. The molecule has 1 aromatic heterocycles. The highest BCUT2D eigenvalue weighted by atomic mass is 35.5. The molecule has 3 aromatic rings. The quantitative estimate of drug-likeness (QED) is 0.728. The molecule has 4 nitrogen and oxygen atoms in total. The van der Waals surface area contributed by atoms with Crippen LogP contribution >= 0.6 is 11.6 Å². The normalized spacial score (nSPS) is 16.0. The number of benzene rings is 2. The first-order chi connectivity index (χ1) is 13.1. The first-order valence-electron chi connectivity index (χ1n) is 9.10. The summed E-state index contributed by atoms with van der Waals surface area (Å²) < 4.78 is 15.0. The SMILES string of the molecule is OC1CCN(Cc2cn(-c3ccc(F)cc3)nc2-c2ccccc2Cl)CC1. The molecule has 1 aliphatic heterocycles. The Labute approximate surface area is 162 Å². The maximum Gasteiger partial charge on any atom is 0.123 e. The van der Waals surface area contributed by atoms with Crippen molar-refractivity contribution in [2.75, 3.05) is 13.1 Å². The topological polar surface area (TPSA) is 41.3 Å². The van der Waals surface area contributed by atoms with Crippen LogP contribution in [0.1, 0.15) is 18.4 Å². The summed E-state index contributed by atoms with van der Waals surface area (Å²) in [5.74, 6) is -0.274. The number of rotatable bonds is 4. The molecule has 2 heterocycles. The summed E-state index contributed by atoms with van der Waals surface area (Å²) in [4.78, 5) is 2.32. The minimum Gasteiger partial charge on any atom is -0.393 e. The lowest BCUT2D eigenvalue weighted by Crippen LogP contribution is -2.35.